The number of ether oxygens (including phenoxy) is 4. The van der Waals surface area contributed by atoms with Crippen LogP contribution < -0.4 is 0 Å². The minimum absolute atomic E-state index is 0.0272. The van der Waals surface area contributed by atoms with Crippen molar-refractivity contribution in [2.45, 2.75) is 64.8 Å². The molecule has 20 heavy (non-hydrogen) atoms. The van der Waals surface area contributed by atoms with Gasteiger partial charge >= 0.3 is 5.97 Å². The molecule has 0 aromatic rings. The van der Waals surface area contributed by atoms with Crippen LogP contribution in [0.4, 0.5) is 0 Å². The minimum Gasteiger partial charge on any atom is -0.464 e. The largest absolute Gasteiger partial charge is 0.464 e. The summed E-state index contributed by atoms with van der Waals surface area (Å²) >= 11 is 0. The van der Waals surface area contributed by atoms with Gasteiger partial charge in [-0.1, -0.05) is 0 Å². The third kappa shape index (κ3) is 6.68. The second kappa shape index (κ2) is 9.32. The highest BCUT2D eigenvalue weighted by atomic mass is 16.7. The van der Waals surface area contributed by atoms with Gasteiger partial charge in [0.2, 0.25) is 0 Å². The van der Waals surface area contributed by atoms with Crippen molar-refractivity contribution in [2.24, 2.45) is 0 Å². The van der Waals surface area contributed by atoms with Gasteiger partial charge in [0.05, 0.1) is 6.61 Å². The van der Waals surface area contributed by atoms with Gasteiger partial charge in [-0.15, -0.1) is 0 Å². The summed E-state index contributed by atoms with van der Waals surface area (Å²) in [5.74, 6) is -0.313. The number of carbonyl (C=O) groups excluding carboxylic acids is 1. The van der Waals surface area contributed by atoms with Crippen molar-refractivity contribution in [2.75, 3.05) is 26.4 Å². The van der Waals surface area contributed by atoms with Crippen molar-refractivity contribution >= 4 is 5.97 Å². The van der Waals surface area contributed by atoms with Crippen LogP contribution >= 0.6 is 0 Å². The molecule has 1 saturated heterocycles. The quantitative estimate of drug-likeness (QED) is 0.482. The van der Waals surface area contributed by atoms with E-state index in [0.717, 1.165) is 32.3 Å². The normalized spacial score (nSPS) is 19.9. The molecule has 1 rings (SSSR count). The maximum atomic E-state index is 11.6. The van der Waals surface area contributed by atoms with Gasteiger partial charge in [-0.25, -0.2) is 4.79 Å². The highest BCUT2D eigenvalue weighted by Crippen LogP contribution is 2.15. The molecule has 0 bridgehead atoms. The van der Waals surface area contributed by atoms with Crippen molar-refractivity contribution in [3.8, 4) is 0 Å². The van der Waals surface area contributed by atoms with Gasteiger partial charge in [0, 0.05) is 19.8 Å². The first-order chi connectivity index (χ1) is 9.56. The van der Waals surface area contributed by atoms with Gasteiger partial charge in [0.25, 0.3) is 0 Å². The summed E-state index contributed by atoms with van der Waals surface area (Å²) < 4.78 is 21.6. The molecule has 1 unspecified atom stereocenters. The molecule has 0 spiro atoms. The lowest BCUT2D eigenvalue weighted by atomic mass is 10.1. The number of rotatable bonds is 9. The third-order valence-electron chi connectivity index (χ3n) is 3.21. The fourth-order valence-corrected chi connectivity index (χ4v) is 1.95. The van der Waals surface area contributed by atoms with Crippen molar-refractivity contribution < 1.29 is 23.7 Å². The lowest BCUT2D eigenvalue weighted by Gasteiger charge is -2.24. The number of hydrogen-bond donors (Lipinski definition) is 0. The molecular weight excluding hydrogens is 260 g/mol. The maximum Gasteiger partial charge on any atom is 0.337 e. The second-order valence-corrected chi connectivity index (χ2v) is 5.45. The highest BCUT2D eigenvalue weighted by molar-refractivity contribution is 5.78. The Bertz CT molecular complexity index is 271. The fraction of sp³-hybridized carbons (Fsp3) is 0.933. The average molecular weight is 288 g/mol. The zero-order valence-electron chi connectivity index (χ0n) is 13.0. The zero-order valence-corrected chi connectivity index (χ0v) is 13.0. The first-order valence-corrected chi connectivity index (χ1v) is 7.60. The van der Waals surface area contributed by atoms with Gasteiger partial charge in [-0.3, -0.25) is 0 Å². The van der Waals surface area contributed by atoms with Crippen LogP contribution in [0, 0.1) is 0 Å². The topological polar surface area (TPSA) is 54.0 Å². The summed E-state index contributed by atoms with van der Waals surface area (Å²) in [4.78, 5) is 11.6. The minimum atomic E-state index is -0.872. The molecule has 1 atom stereocenters. The molecule has 0 radical (unpaired) electrons. The molecule has 5 heteroatoms. The van der Waals surface area contributed by atoms with Crippen LogP contribution in [0.25, 0.3) is 0 Å². The number of unbranched alkanes of at least 4 members (excludes halogenated alkanes) is 1. The molecule has 1 aliphatic rings. The van der Waals surface area contributed by atoms with Crippen LogP contribution in [0.1, 0.15) is 52.9 Å². The lowest BCUT2D eigenvalue weighted by Crippen LogP contribution is -2.37. The van der Waals surface area contributed by atoms with Crippen LogP contribution in [-0.4, -0.2) is 44.3 Å². The summed E-state index contributed by atoms with van der Waals surface area (Å²) in [5.41, 5.74) is -0.872. The highest BCUT2D eigenvalue weighted by Gasteiger charge is 2.29. The van der Waals surface area contributed by atoms with E-state index < -0.39 is 5.60 Å². The summed E-state index contributed by atoms with van der Waals surface area (Å²) in [7, 11) is 0. The van der Waals surface area contributed by atoms with Gasteiger partial charge in [0.1, 0.15) is 0 Å². The zero-order chi connectivity index (χ0) is 14.8. The smallest absolute Gasteiger partial charge is 0.337 e. The van der Waals surface area contributed by atoms with E-state index in [9.17, 15) is 4.79 Å². The standard InChI is InChI=1S/C15H28O5/c1-4-17-14(16)15(2,3)20-12-8-7-11-19-13-9-5-6-10-18-13/h13H,4-12H2,1-3H3. The van der Waals surface area contributed by atoms with E-state index in [-0.39, 0.29) is 12.3 Å². The molecule has 0 saturated carbocycles. The Morgan fingerprint density at radius 1 is 1.25 bits per heavy atom. The van der Waals surface area contributed by atoms with E-state index >= 15 is 0 Å². The van der Waals surface area contributed by atoms with Crippen LogP contribution in [0.5, 0.6) is 0 Å². The fourth-order valence-electron chi connectivity index (χ4n) is 1.95. The maximum absolute atomic E-state index is 11.6. The molecule has 0 N–H and O–H groups in total. The van der Waals surface area contributed by atoms with E-state index in [1.54, 1.807) is 20.8 Å². The van der Waals surface area contributed by atoms with Gasteiger partial charge in [-0.05, 0) is 52.9 Å². The number of hydrogen-bond acceptors (Lipinski definition) is 5. The first-order valence-electron chi connectivity index (χ1n) is 7.60. The van der Waals surface area contributed by atoms with Crippen LogP contribution in [0.15, 0.2) is 0 Å². The third-order valence-corrected chi connectivity index (χ3v) is 3.21. The molecule has 1 aliphatic heterocycles. The average Bonchev–Trinajstić information content (AvgIpc) is 2.44. The van der Waals surface area contributed by atoms with E-state index in [2.05, 4.69) is 0 Å². The van der Waals surface area contributed by atoms with E-state index in [0.29, 0.717) is 19.8 Å². The molecular formula is C15H28O5. The Kier molecular flexibility index (Phi) is 8.11. The molecule has 0 aromatic carbocycles. The predicted octanol–water partition coefficient (Wildman–Crippen LogP) is 2.67. The molecule has 0 amide bonds. The Labute approximate surface area is 121 Å². The Balaban J connectivity index is 2.02. The molecule has 118 valence electrons. The summed E-state index contributed by atoms with van der Waals surface area (Å²) in [6, 6.07) is 0. The molecule has 5 nitrogen and oxygen atoms in total. The van der Waals surface area contributed by atoms with Crippen molar-refractivity contribution in [3.05, 3.63) is 0 Å². The monoisotopic (exact) mass is 288 g/mol. The second-order valence-electron chi connectivity index (χ2n) is 5.45. The lowest BCUT2D eigenvalue weighted by molar-refractivity contribution is -0.169. The van der Waals surface area contributed by atoms with Crippen molar-refractivity contribution in [3.63, 3.8) is 0 Å². The summed E-state index contributed by atoms with van der Waals surface area (Å²) in [5, 5.41) is 0. The van der Waals surface area contributed by atoms with Crippen molar-refractivity contribution in [1.29, 1.82) is 0 Å². The van der Waals surface area contributed by atoms with Gasteiger partial charge < -0.3 is 18.9 Å². The van der Waals surface area contributed by atoms with E-state index in [1.165, 1.54) is 6.42 Å². The Morgan fingerprint density at radius 3 is 2.65 bits per heavy atom. The van der Waals surface area contributed by atoms with Crippen molar-refractivity contribution in [1.82, 2.24) is 0 Å². The first kappa shape index (κ1) is 17.4. The van der Waals surface area contributed by atoms with E-state index in [1.807, 2.05) is 0 Å². The van der Waals surface area contributed by atoms with Crippen LogP contribution in [0.3, 0.4) is 0 Å². The molecule has 0 aliphatic carbocycles. The number of carbonyl (C=O) groups is 1. The van der Waals surface area contributed by atoms with Crippen LogP contribution in [0.2, 0.25) is 0 Å². The van der Waals surface area contributed by atoms with E-state index in [4.69, 9.17) is 18.9 Å². The van der Waals surface area contributed by atoms with Gasteiger partial charge in [0.15, 0.2) is 11.9 Å². The molecule has 1 heterocycles. The molecule has 1 fully saturated rings. The van der Waals surface area contributed by atoms with Gasteiger partial charge in [-0.2, -0.15) is 0 Å². The Morgan fingerprint density at radius 2 is 2.00 bits per heavy atom. The summed E-state index contributed by atoms with van der Waals surface area (Å²) in [6.45, 7) is 7.64. The molecule has 0 aromatic heterocycles. The SMILES string of the molecule is CCOC(=O)C(C)(C)OCCCCOC1CCCCO1. The number of esters is 1. The predicted molar refractivity (Wildman–Crippen MR) is 75.4 cm³/mol. The summed E-state index contributed by atoms with van der Waals surface area (Å²) in [6.07, 6.45) is 5.04. The Hall–Kier alpha value is -0.650. The van der Waals surface area contributed by atoms with Crippen LogP contribution in [-0.2, 0) is 23.7 Å².